The number of furan rings is 1. The molecule has 2 fully saturated rings. The van der Waals surface area contributed by atoms with E-state index < -0.39 is 0 Å². The molecule has 0 atom stereocenters. The number of fused-ring (bicyclic) bond motifs is 1. The number of amides is 1. The maximum atomic E-state index is 11.5. The van der Waals surface area contributed by atoms with Gasteiger partial charge in [-0.05, 0) is 30.9 Å². The lowest BCUT2D eigenvalue weighted by molar-refractivity contribution is -0.124. The molecule has 0 spiro atoms. The zero-order valence-electron chi connectivity index (χ0n) is 16.3. The van der Waals surface area contributed by atoms with Crippen molar-refractivity contribution < 1.29 is 9.21 Å². The second-order valence-corrected chi connectivity index (χ2v) is 7.89. The largest absolute Gasteiger partial charge is 0.464 e. The van der Waals surface area contributed by atoms with Crippen LogP contribution in [-0.2, 0) is 17.9 Å². The molecule has 9 heteroatoms. The third-order valence-corrected chi connectivity index (χ3v) is 5.81. The smallest absolute Gasteiger partial charge is 0.234 e. The molecule has 2 saturated heterocycles. The van der Waals surface area contributed by atoms with Crippen LogP contribution >= 0.6 is 0 Å². The summed E-state index contributed by atoms with van der Waals surface area (Å²) in [7, 11) is 0. The second-order valence-electron chi connectivity index (χ2n) is 7.89. The molecule has 3 aromatic heterocycles. The Morgan fingerprint density at radius 1 is 1.21 bits per heavy atom. The summed E-state index contributed by atoms with van der Waals surface area (Å²) in [6.45, 7) is 5.50. The van der Waals surface area contributed by atoms with Crippen molar-refractivity contribution in [3.05, 3.63) is 36.5 Å². The lowest BCUT2D eigenvalue weighted by Crippen LogP contribution is -2.47. The van der Waals surface area contributed by atoms with Crippen molar-refractivity contribution in [2.45, 2.75) is 25.9 Å². The number of carbonyl (C=O) groups is 1. The van der Waals surface area contributed by atoms with E-state index in [9.17, 15) is 4.79 Å². The molecule has 0 bridgehead atoms. The Labute approximate surface area is 168 Å². The zero-order valence-corrected chi connectivity index (χ0v) is 16.3. The second kappa shape index (κ2) is 7.82. The van der Waals surface area contributed by atoms with Crippen molar-refractivity contribution in [2.24, 2.45) is 5.92 Å². The molecule has 9 nitrogen and oxygen atoms in total. The highest BCUT2D eigenvalue weighted by atomic mass is 16.3. The third-order valence-electron chi connectivity index (χ3n) is 5.81. The van der Waals surface area contributed by atoms with Gasteiger partial charge in [-0.2, -0.15) is 0 Å². The number of aromatic nitrogens is 4. The standard InChI is InChI=1S/C20H25N7O2/c28-19-14-25(9-6-21-19)12-16-13-27(24-23-16)11-15-2-7-26(8-3-15)20-17-4-10-29-18(17)1-5-22-20/h1,4-5,10,13,15H,2-3,6-9,11-12,14H2,(H,21,28). The SMILES string of the molecule is O=C1CN(Cc2cn(CC3CCN(c4nccc5occc45)CC3)nn2)CCN1. The predicted octanol–water partition coefficient (Wildman–Crippen LogP) is 1.27. The minimum atomic E-state index is 0.0796. The van der Waals surface area contributed by atoms with Gasteiger partial charge in [-0.25, -0.2) is 4.98 Å². The summed E-state index contributed by atoms with van der Waals surface area (Å²) in [6, 6.07) is 3.90. The van der Waals surface area contributed by atoms with Crippen LogP contribution in [0.4, 0.5) is 5.82 Å². The number of piperazine rings is 1. The average Bonchev–Trinajstić information content (AvgIpc) is 3.38. The first-order chi connectivity index (χ1) is 14.2. The highest BCUT2D eigenvalue weighted by Crippen LogP contribution is 2.29. The van der Waals surface area contributed by atoms with E-state index in [-0.39, 0.29) is 5.91 Å². The van der Waals surface area contributed by atoms with Gasteiger partial charge in [0, 0.05) is 51.7 Å². The van der Waals surface area contributed by atoms with Crippen LogP contribution in [0.25, 0.3) is 11.0 Å². The maximum Gasteiger partial charge on any atom is 0.234 e. The van der Waals surface area contributed by atoms with Crippen molar-refractivity contribution >= 4 is 22.7 Å². The predicted molar refractivity (Wildman–Crippen MR) is 107 cm³/mol. The van der Waals surface area contributed by atoms with Gasteiger partial charge in [0.25, 0.3) is 0 Å². The van der Waals surface area contributed by atoms with Crippen molar-refractivity contribution in [3.63, 3.8) is 0 Å². The minimum absolute atomic E-state index is 0.0796. The van der Waals surface area contributed by atoms with Gasteiger partial charge in [-0.15, -0.1) is 5.10 Å². The fourth-order valence-electron chi connectivity index (χ4n) is 4.28. The average molecular weight is 395 g/mol. The first-order valence-corrected chi connectivity index (χ1v) is 10.2. The van der Waals surface area contributed by atoms with E-state index in [1.165, 1.54) is 0 Å². The van der Waals surface area contributed by atoms with E-state index in [0.717, 1.165) is 61.5 Å². The molecule has 152 valence electrons. The van der Waals surface area contributed by atoms with E-state index in [0.29, 0.717) is 25.6 Å². The summed E-state index contributed by atoms with van der Waals surface area (Å²) in [5, 5.41) is 12.5. The number of anilines is 1. The van der Waals surface area contributed by atoms with Crippen molar-refractivity contribution in [1.29, 1.82) is 0 Å². The molecular formula is C20H25N7O2. The summed E-state index contributed by atoms with van der Waals surface area (Å²) in [4.78, 5) is 20.5. The van der Waals surface area contributed by atoms with E-state index in [4.69, 9.17) is 4.42 Å². The Kier molecular flexibility index (Phi) is 4.89. The molecule has 2 aliphatic heterocycles. The van der Waals surface area contributed by atoms with Crippen LogP contribution in [0.5, 0.6) is 0 Å². The van der Waals surface area contributed by atoms with Crippen LogP contribution in [0, 0.1) is 5.92 Å². The first kappa shape index (κ1) is 18.1. The molecule has 1 N–H and O–H groups in total. The molecule has 0 saturated carbocycles. The molecule has 3 aromatic rings. The molecule has 5 heterocycles. The van der Waals surface area contributed by atoms with Crippen LogP contribution < -0.4 is 10.2 Å². The molecule has 0 aromatic carbocycles. The fraction of sp³-hybridized carbons (Fsp3) is 0.500. The molecule has 0 radical (unpaired) electrons. The normalized spacial score (nSPS) is 19.0. The molecule has 0 aliphatic carbocycles. The highest BCUT2D eigenvalue weighted by molar-refractivity contribution is 5.88. The number of hydrogen-bond donors (Lipinski definition) is 1. The number of piperidine rings is 1. The third kappa shape index (κ3) is 3.95. The summed E-state index contributed by atoms with van der Waals surface area (Å²) in [5.74, 6) is 1.67. The molecule has 0 unspecified atom stereocenters. The van der Waals surface area contributed by atoms with Gasteiger partial charge in [0.05, 0.1) is 23.9 Å². The topological polar surface area (TPSA) is 92.3 Å². The Hall–Kier alpha value is -2.94. The van der Waals surface area contributed by atoms with Crippen LogP contribution in [-0.4, -0.2) is 63.5 Å². The maximum absolute atomic E-state index is 11.5. The van der Waals surface area contributed by atoms with Crippen LogP contribution in [0.15, 0.2) is 35.2 Å². The number of hydrogen-bond acceptors (Lipinski definition) is 7. The molecule has 2 aliphatic rings. The molecule has 1 amide bonds. The summed E-state index contributed by atoms with van der Waals surface area (Å²) < 4.78 is 7.45. The lowest BCUT2D eigenvalue weighted by atomic mass is 9.96. The van der Waals surface area contributed by atoms with E-state index in [2.05, 4.69) is 30.4 Å². The Morgan fingerprint density at radius 2 is 2.10 bits per heavy atom. The zero-order chi connectivity index (χ0) is 19.6. The van der Waals surface area contributed by atoms with Gasteiger partial charge >= 0.3 is 0 Å². The molecule has 29 heavy (non-hydrogen) atoms. The fourth-order valence-corrected chi connectivity index (χ4v) is 4.28. The lowest BCUT2D eigenvalue weighted by Gasteiger charge is -2.32. The van der Waals surface area contributed by atoms with Gasteiger partial charge in [0.1, 0.15) is 11.4 Å². The van der Waals surface area contributed by atoms with Crippen molar-refractivity contribution in [2.75, 3.05) is 37.6 Å². The summed E-state index contributed by atoms with van der Waals surface area (Å²) in [6.07, 6.45) is 7.75. The minimum Gasteiger partial charge on any atom is -0.464 e. The number of nitrogens with zero attached hydrogens (tertiary/aromatic N) is 6. The van der Waals surface area contributed by atoms with Gasteiger partial charge < -0.3 is 14.6 Å². The molecular weight excluding hydrogens is 370 g/mol. The van der Waals surface area contributed by atoms with Gasteiger partial charge in [0.15, 0.2) is 0 Å². The Morgan fingerprint density at radius 3 is 2.97 bits per heavy atom. The van der Waals surface area contributed by atoms with Gasteiger partial charge in [-0.1, -0.05) is 5.21 Å². The number of carbonyl (C=O) groups excluding carboxylic acids is 1. The van der Waals surface area contributed by atoms with Gasteiger partial charge in [-0.3, -0.25) is 14.4 Å². The Balaban J connectivity index is 1.16. The van der Waals surface area contributed by atoms with Crippen LogP contribution in [0.2, 0.25) is 0 Å². The first-order valence-electron chi connectivity index (χ1n) is 10.2. The van der Waals surface area contributed by atoms with Crippen LogP contribution in [0.1, 0.15) is 18.5 Å². The van der Waals surface area contributed by atoms with E-state index in [1.807, 2.05) is 29.2 Å². The van der Waals surface area contributed by atoms with Gasteiger partial charge in [0.2, 0.25) is 5.91 Å². The van der Waals surface area contributed by atoms with E-state index >= 15 is 0 Å². The summed E-state index contributed by atoms with van der Waals surface area (Å²) in [5.41, 5.74) is 1.81. The monoisotopic (exact) mass is 395 g/mol. The quantitative estimate of drug-likeness (QED) is 0.695. The highest BCUT2D eigenvalue weighted by Gasteiger charge is 2.23. The van der Waals surface area contributed by atoms with Crippen molar-refractivity contribution in [3.8, 4) is 0 Å². The molecule has 5 rings (SSSR count). The van der Waals surface area contributed by atoms with Crippen LogP contribution in [0.3, 0.4) is 0 Å². The Bertz CT molecular complexity index is 990. The number of pyridine rings is 1. The summed E-state index contributed by atoms with van der Waals surface area (Å²) >= 11 is 0. The number of rotatable bonds is 5. The number of nitrogens with one attached hydrogen (secondary N) is 1. The van der Waals surface area contributed by atoms with E-state index in [1.54, 1.807) is 6.26 Å². The van der Waals surface area contributed by atoms with Crippen molar-refractivity contribution in [1.82, 2.24) is 30.2 Å².